The van der Waals surface area contributed by atoms with Crippen molar-refractivity contribution in [1.29, 1.82) is 0 Å². The molecule has 0 aromatic carbocycles. The third-order valence-corrected chi connectivity index (χ3v) is 1.20. The number of hydrogen-bond acceptors (Lipinski definition) is 1. The van der Waals surface area contributed by atoms with Crippen LogP contribution in [0.4, 0.5) is 0 Å². The van der Waals surface area contributed by atoms with Crippen LogP contribution in [0, 0.1) is 0 Å². The van der Waals surface area contributed by atoms with Gasteiger partial charge in [-0.1, -0.05) is 0 Å². The van der Waals surface area contributed by atoms with Crippen LogP contribution < -0.4 is 4.72 Å². The molecule has 0 saturated heterocycles. The molecule has 2 nitrogen and oxygen atoms in total. The van der Waals surface area contributed by atoms with Crippen molar-refractivity contribution in [2.24, 2.45) is 0 Å². The van der Waals surface area contributed by atoms with E-state index in [1.807, 2.05) is 13.8 Å². The first-order chi connectivity index (χ1) is 3.13. The molecule has 1 atom stereocenters. The molecule has 3 heteroatoms. The quantitative estimate of drug-likeness (QED) is 0.558. The molecule has 0 rings (SSSR count). The molecular formula is C4H11NOS. The average Bonchev–Trinajstić information content (AvgIpc) is 1.27. The maximum Gasteiger partial charge on any atom is 0.0885 e. The predicted molar refractivity (Wildman–Crippen MR) is 32.3 cm³/mol. The summed E-state index contributed by atoms with van der Waals surface area (Å²) in [5, 5.41) is 0. The van der Waals surface area contributed by atoms with Crippen molar-refractivity contribution in [3.63, 3.8) is 0 Å². The van der Waals surface area contributed by atoms with E-state index < -0.39 is 11.0 Å². The molecule has 0 aromatic rings. The first-order valence-corrected chi connectivity index (χ1v) is 3.78. The van der Waals surface area contributed by atoms with Crippen molar-refractivity contribution in [2.75, 3.05) is 6.26 Å². The first-order valence-electron chi connectivity index (χ1n) is 2.22. The highest BCUT2D eigenvalue weighted by Crippen LogP contribution is 1.74. The molecule has 0 fully saturated rings. The topological polar surface area (TPSA) is 29.1 Å². The van der Waals surface area contributed by atoms with Gasteiger partial charge in [0.2, 0.25) is 0 Å². The number of hydrogen-bond donors (Lipinski definition) is 1. The van der Waals surface area contributed by atoms with Crippen LogP contribution in [-0.2, 0) is 11.0 Å². The monoisotopic (exact) mass is 121 g/mol. The Morgan fingerprint density at radius 3 is 2.00 bits per heavy atom. The molecule has 1 N–H and O–H groups in total. The summed E-state index contributed by atoms with van der Waals surface area (Å²) in [7, 11) is -0.846. The zero-order valence-corrected chi connectivity index (χ0v) is 5.71. The van der Waals surface area contributed by atoms with Gasteiger partial charge in [0.1, 0.15) is 0 Å². The minimum atomic E-state index is -0.846. The fourth-order valence-corrected chi connectivity index (χ4v) is 0.996. The minimum Gasteiger partial charge on any atom is -0.243 e. The van der Waals surface area contributed by atoms with Gasteiger partial charge >= 0.3 is 0 Å². The zero-order valence-electron chi connectivity index (χ0n) is 4.89. The lowest BCUT2D eigenvalue weighted by molar-refractivity contribution is 0.660. The molecule has 0 bridgehead atoms. The summed E-state index contributed by atoms with van der Waals surface area (Å²) in [5.41, 5.74) is 0. The van der Waals surface area contributed by atoms with Gasteiger partial charge in [-0.3, -0.25) is 0 Å². The lowest BCUT2D eigenvalue weighted by Crippen LogP contribution is -2.23. The molecule has 0 aliphatic carbocycles. The fraction of sp³-hybridized carbons (Fsp3) is 1.00. The van der Waals surface area contributed by atoms with Gasteiger partial charge in [0.15, 0.2) is 0 Å². The largest absolute Gasteiger partial charge is 0.243 e. The summed E-state index contributed by atoms with van der Waals surface area (Å²) in [5.74, 6) is 0. The smallest absolute Gasteiger partial charge is 0.0885 e. The highest BCUT2D eigenvalue weighted by atomic mass is 32.2. The SMILES string of the molecule is CC(C)N[S@](C)=O. The maximum absolute atomic E-state index is 10.3. The summed E-state index contributed by atoms with van der Waals surface area (Å²) >= 11 is 0. The second-order valence-corrected chi connectivity index (χ2v) is 2.87. The molecule has 0 spiro atoms. The van der Waals surface area contributed by atoms with Crippen LogP contribution >= 0.6 is 0 Å². The van der Waals surface area contributed by atoms with Crippen LogP contribution in [0.2, 0.25) is 0 Å². The molecule has 0 amide bonds. The van der Waals surface area contributed by atoms with E-state index in [1.165, 1.54) is 0 Å². The number of rotatable bonds is 2. The summed E-state index contributed by atoms with van der Waals surface area (Å²) < 4.78 is 13.0. The lowest BCUT2D eigenvalue weighted by atomic mass is 10.4. The van der Waals surface area contributed by atoms with Crippen molar-refractivity contribution in [1.82, 2.24) is 4.72 Å². The molecule has 0 radical (unpaired) electrons. The van der Waals surface area contributed by atoms with E-state index in [1.54, 1.807) is 6.26 Å². The maximum atomic E-state index is 10.3. The van der Waals surface area contributed by atoms with E-state index in [9.17, 15) is 4.21 Å². The van der Waals surface area contributed by atoms with E-state index in [0.717, 1.165) is 0 Å². The first kappa shape index (κ1) is 7.11. The second kappa shape index (κ2) is 3.16. The zero-order chi connectivity index (χ0) is 5.86. The molecular weight excluding hydrogens is 110 g/mol. The van der Waals surface area contributed by atoms with Gasteiger partial charge in [0.05, 0.1) is 11.0 Å². The summed E-state index contributed by atoms with van der Waals surface area (Å²) in [6, 6.07) is 0.325. The Bertz CT molecular complexity index is 72.1. The van der Waals surface area contributed by atoms with Crippen LogP contribution in [0.15, 0.2) is 0 Å². The Morgan fingerprint density at radius 1 is 1.57 bits per heavy atom. The summed E-state index contributed by atoms with van der Waals surface area (Å²) in [6.45, 7) is 3.92. The fourth-order valence-electron chi connectivity index (χ4n) is 0.332. The van der Waals surface area contributed by atoms with Gasteiger partial charge in [-0.05, 0) is 13.8 Å². The molecule has 44 valence electrons. The van der Waals surface area contributed by atoms with E-state index in [2.05, 4.69) is 4.72 Å². The van der Waals surface area contributed by atoms with Crippen molar-refractivity contribution in [2.45, 2.75) is 19.9 Å². The van der Waals surface area contributed by atoms with Gasteiger partial charge in [-0.15, -0.1) is 0 Å². The molecule has 0 saturated carbocycles. The van der Waals surface area contributed by atoms with Crippen LogP contribution in [0.5, 0.6) is 0 Å². The molecule has 7 heavy (non-hydrogen) atoms. The van der Waals surface area contributed by atoms with Crippen LogP contribution in [-0.4, -0.2) is 16.5 Å². The van der Waals surface area contributed by atoms with Gasteiger partial charge in [-0.2, -0.15) is 0 Å². The van der Waals surface area contributed by atoms with Gasteiger partial charge in [0, 0.05) is 12.3 Å². The molecule has 0 heterocycles. The van der Waals surface area contributed by atoms with Crippen LogP contribution in [0.1, 0.15) is 13.8 Å². The Hall–Kier alpha value is 0.110. The van der Waals surface area contributed by atoms with Crippen molar-refractivity contribution >= 4 is 11.0 Å². The van der Waals surface area contributed by atoms with Crippen molar-refractivity contribution < 1.29 is 4.21 Å². The second-order valence-electron chi connectivity index (χ2n) is 1.73. The van der Waals surface area contributed by atoms with Crippen LogP contribution in [0.3, 0.4) is 0 Å². The van der Waals surface area contributed by atoms with E-state index in [-0.39, 0.29) is 0 Å². The van der Waals surface area contributed by atoms with E-state index in [0.29, 0.717) is 6.04 Å². The Morgan fingerprint density at radius 2 is 2.00 bits per heavy atom. The summed E-state index contributed by atoms with van der Waals surface area (Å²) in [4.78, 5) is 0. The Kier molecular flexibility index (Phi) is 3.21. The van der Waals surface area contributed by atoms with E-state index >= 15 is 0 Å². The van der Waals surface area contributed by atoms with Crippen LogP contribution in [0.25, 0.3) is 0 Å². The third-order valence-electron chi connectivity index (χ3n) is 0.402. The highest BCUT2D eigenvalue weighted by Gasteiger charge is 1.90. The van der Waals surface area contributed by atoms with Gasteiger partial charge in [-0.25, -0.2) is 8.93 Å². The van der Waals surface area contributed by atoms with Crippen molar-refractivity contribution in [3.8, 4) is 0 Å². The minimum absolute atomic E-state index is 0.325. The lowest BCUT2D eigenvalue weighted by Gasteiger charge is -2.00. The van der Waals surface area contributed by atoms with Gasteiger partial charge < -0.3 is 0 Å². The van der Waals surface area contributed by atoms with Crippen molar-refractivity contribution in [3.05, 3.63) is 0 Å². The molecule has 0 aliphatic rings. The predicted octanol–water partition coefficient (Wildman–Crippen LogP) is 0.278. The average molecular weight is 121 g/mol. The number of nitrogens with one attached hydrogen (secondary N) is 1. The molecule has 0 aliphatic heterocycles. The molecule has 0 aromatic heterocycles. The normalized spacial score (nSPS) is 14.9. The Balaban J connectivity index is 3.13. The standard InChI is InChI=1S/C4H11NOS/c1-4(2)5-7(3)6/h4-5H,1-3H3/t7-/m0/s1. The summed E-state index contributed by atoms with van der Waals surface area (Å²) in [6.07, 6.45) is 1.62. The highest BCUT2D eigenvalue weighted by molar-refractivity contribution is 7.82. The molecule has 0 unspecified atom stereocenters. The van der Waals surface area contributed by atoms with E-state index in [4.69, 9.17) is 0 Å². The third kappa shape index (κ3) is 6.11. The Labute approximate surface area is 46.9 Å². The van der Waals surface area contributed by atoms with Gasteiger partial charge in [0.25, 0.3) is 0 Å².